The Labute approximate surface area is 112 Å². The first-order valence-electron chi connectivity index (χ1n) is 6.96. The number of halogens is 2. The van der Waals surface area contributed by atoms with E-state index in [1.54, 1.807) is 0 Å². The Kier molecular flexibility index (Phi) is 2.85. The molecule has 0 unspecified atom stereocenters. The minimum absolute atomic E-state index is 0.245. The van der Waals surface area contributed by atoms with E-state index in [1.165, 1.54) is 31.4 Å². The zero-order valence-electron chi connectivity index (χ0n) is 10.9. The molecule has 0 amide bonds. The van der Waals surface area contributed by atoms with Crippen LogP contribution in [0.15, 0.2) is 18.2 Å². The third-order valence-electron chi connectivity index (χ3n) is 4.93. The van der Waals surface area contributed by atoms with E-state index in [0.29, 0.717) is 5.56 Å². The molecule has 3 heteroatoms. The smallest absolute Gasteiger partial charge is 0.130 e. The van der Waals surface area contributed by atoms with Gasteiger partial charge in [0.2, 0.25) is 0 Å². The summed E-state index contributed by atoms with van der Waals surface area (Å²) in [5.74, 6) is -1.16. The molecule has 3 rings (SSSR count). The monoisotopic (exact) mass is 261 g/mol. The van der Waals surface area contributed by atoms with E-state index in [4.69, 9.17) is 0 Å². The Balaban J connectivity index is 1.89. The molecule has 1 spiro atoms. The van der Waals surface area contributed by atoms with Crippen LogP contribution in [0.5, 0.6) is 0 Å². The van der Waals surface area contributed by atoms with Crippen LogP contribution in [-0.4, -0.2) is 0 Å². The van der Waals surface area contributed by atoms with Crippen molar-refractivity contribution in [1.29, 1.82) is 5.26 Å². The van der Waals surface area contributed by atoms with E-state index in [1.807, 2.05) is 0 Å². The summed E-state index contributed by atoms with van der Waals surface area (Å²) in [4.78, 5) is 0. The van der Waals surface area contributed by atoms with Gasteiger partial charge in [-0.25, -0.2) is 8.78 Å². The molecule has 0 radical (unpaired) electrons. The normalized spacial score (nSPS) is 23.6. The molecule has 2 saturated carbocycles. The second kappa shape index (κ2) is 4.30. The van der Waals surface area contributed by atoms with Crippen LogP contribution < -0.4 is 0 Å². The number of hydrogen-bond acceptors (Lipinski definition) is 1. The average molecular weight is 261 g/mol. The van der Waals surface area contributed by atoms with Crippen molar-refractivity contribution < 1.29 is 8.78 Å². The van der Waals surface area contributed by atoms with Crippen molar-refractivity contribution in [2.45, 2.75) is 50.4 Å². The fourth-order valence-corrected chi connectivity index (χ4v) is 4.09. The van der Waals surface area contributed by atoms with Crippen LogP contribution in [-0.2, 0) is 5.41 Å². The Morgan fingerprint density at radius 2 is 1.74 bits per heavy atom. The van der Waals surface area contributed by atoms with Crippen molar-refractivity contribution in [3.05, 3.63) is 35.4 Å². The zero-order valence-corrected chi connectivity index (χ0v) is 10.9. The highest BCUT2D eigenvalue weighted by Crippen LogP contribution is 2.61. The van der Waals surface area contributed by atoms with E-state index < -0.39 is 17.0 Å². The van der Waals surface area contributed by atoms with Gasteiger partial charge < -0.3 is 0 Å². The minimum Gasteiger partial charge on any atom is -0.207 e. The molecular formula is C16H17F2N. The van der Waals surface area contributed by atoms with Crippen LogP contribution in [0.4, 0.5) is 8.78 Å². The Morgan fingerprint density at radius 3 is 2.32 bits per heavy atom. The summed E-state index contributed by atoms with van der Waals surface area (Å²) in [5, 5.41) is 9.49. The predicted octanol–water partition coefficient (Wildman–Crippen LogP) is 4.47. The molecule has 0 bridgehead atoms. The van der Waals surface area contributed by atoms with Crippen molar-refractivity contribution in [1.82, 2.24) is 0 Å². The molecule has 0 saturated heterocycles. The van der Waals surface area contributed by atoms with Gasteiger partial charge >= 0.3 is 0 Å². The molecule has 0 aromatic heterocycles. The molecular weight excluding hydrogens is 244 g/mol. The largest absolute Gasteiger partial charge is 0.207 e. The van der Waals surface area contributed by atoms with Gasteiger partial charge in [0.05, 0.1) is 11.5 Å². The van der Waals surface area contributed by atoms with E-state index in [9.17, 15) is 14.0 Å². The molecule has 2 aliphatic carbocycles. The summed E-state index contributed by atoms with van der Waals surface area (Å²) in [5.41, 5.74) is -0.100. The second-order valence-corrected chi connectivity index (χ2v) is 6.23. The Bertz CT molecular complexity index is 530. The van der Waals surface area contributed by atoms with Gasteiger partial charge in [-0.15, -0.1) is 0 Å². The van der Waals surface area contributed by atoms with Gasteiger partial charge in [-0.1, -0.05) is 25.3 Å². The molecule has 100 valence electrons. The van der Waals surface area contributed by atoms with Crippen LogP contribution >= 0.6 is 0 Å². The fraction of sp³-hybridized carbons (Fsp3) is 0.562. The van der Waals surface area contributed by atoms with Crippen LogP contribution in [0.2, 0.25) is 0 Å². The summed E-state index contributed by atoms with van der Waals surface area (Å²) in [7, 11) is 0. The summed E-state index contributed by atoms with van der Waals surface area (Å²) in [6.45, 7) is 0. The van der Waals surface area contributed by atoms with Crippen molar-refractivity contribution in [3.8, 4) is 6.07 Å². The topological polar surface area (TPSA) is 23.8 Å². The van der Waals surface area contributed by atoms with Crippen molar-refractivity contribution in [3.63, 3.8) is 0 Å². The summed E-state index contributed by atoms with van der Waals surface area (Å²) in [6, 6.07) is 5.89. The standard InChI is InChI=1S/C16H17F2N/c17-12-4-5-13(14(18)8-12)16(11-19)9-15(10-16)6-2-1-3-7-15/h4-5,8H,1-3,6-7,9-10H2. The van der Waals surface area contributed by atoms with Gasteiger partial charge in [-0.3, -0.25) is 0 Å². The van der Waals surface area contributed by atoms with Crippen molar-refractivity contribution in [2.24, 2.45) is 5.41 Å². The van der Waals surface area contributed by atoms with Crippen LogP contribution in [0.3, 0.4) is 0 Å². The maximum absolute atomic E-state index is 13.9. The second-order valence-electron chi connectivity index (χ2n) is 6.23. The first-order valence-corrected chi connectivity index (χ1v) is 6.96. The molecule has 2 aliphatic rings. The van der Waals surface area contributed by atoms with Crippen LogP contribution in [0.25, 0.3) is 0 Å². The molecule has 2 fully saturated rings. The molecule has 1 aromatic rings. The Morgan fingerprint density at radius 1 is 1.05 bits per heavy atom. The summed E-state index contributed by atoms with van der Waals surface area (Å²) < 4.78 is 26.9. The van der Waals surface area contributed by atoms with E-state index in [2.05, 4.69) is 6.07 Å². The van der Waals surface area contributed by atoms with Crippen LogP contribution in [0.1, 0.15) is 50.5 Å². The molecule has 0 aliphatic heterocycles. The lowest BCUT2D eigenvalue weighted by Crippen LogP contribution is -2.50. The molecule has 1 aromatic carbocycles. The van der Waals surface area contributed by atoms with Crippen LogP contribution in [0, 0.1) is 28.4 Å². The maximum Gasteiger partial charge on any atom is 0.130 e. The Hall–Kier alpha value is -1.43. The molecule has 1 nitrogen and oxygen atoms in total. The van der Waals surface area contributed by atoms with Gasteiger partial charge in [-0.05, 0) is 37.2 Å². The summed E-state index contributed by atoms with van der Waals surface area (Å²) in [6.07, 6.45) is 7.48. The zero-order chi connectivity index (χ0) is 13.5. The number of nitrogens with zero attached hydrogens (tertiary/aromatic N) is 1. The minimum atomic E-state index is -0.727. The van der Waals surface area contributed by atoms with Gasteiger partial charge in [0.25, 0.3) is 0 Å². The fourth-order valence-electron chi connectivity index (χ4n) is 4.09. The predicted molar refractivity (Wildman–Crippen MR) is 68.4 cm³/mol. The number of rotatable bonds is 1. The first kappa shape index (κ1) is 12.6. The highest BCUT2D eigenvalue weighted by atomic mass is 19.1. The van der Waals surface area contributed by atoms with E-state index in [-0.39, 0.29) is 5.41 Å². The first-order chi connectivity index (χ1) is 9.09. The van der Waals surface area contributed by atoms with Gasteiger partial charge in [0.15, 0.2) is 0 Å². The maximum atomic E-state index is 13.9. The quantitative estimate of drug-likeness (QED) is 0.731. The lowest BCUT2D eigenvalue weighted by molar-refractivity contribution is 0.0152. The average Bonchev–Trinajstić information content (AvgIpc) is 2.37. The SMILES string of the molecule is N#CC1(c2ccc(F)cc2F)CC2(CCCCC2)C1. The lowest BCUT2D eigenvalue weighted by atomic mass is 9.47. The third-order valence-corrected chi connectivity index (χ3v) is 4.93. The van der Waals surface area contributed by atoms with Gasteiger partial charge in [0.1, 0.15) is 11.6 Å². The van der Waals surface area contributed by atoms with Crippen molar-refractivity contribution in [2.75, 3.05) is 0 Å². The van der Waals surface area contributed by atoms with Gasteiger partial charge in [-0.2, -0.15) is 5.26 Å². The number of benzene rings is 1. The molecule has 19 heavy (non-hydrogen) atoms. The van der Waals surface area contributed by atoms with E-state index in [0.717, 1.165) is 31.7 Å². The number of nitriles is 1. The van der Waals surface area contributed by atoms with Crippen molar-refractivity contribution >= 4 is 0 Å². The lowest BCUT2D eigenvalue weighted by Gasteiger charge is -2.55. The highest BCUT2D eigenvalue weighted by Gasteiger charge is 2.56. The molecule has 0 heterocycles. The van der Waals surface area contributed by atoms with E-state index >= 15 is 0 Å². The third kappa shape index (κ3) is 1.94. The molecule has 0 N–H and O–H groups in total. The summed E-state index contributed by atoms with van der Waals surface area (Å²) >= 11 is 0. The van der Waals surface area contributed by atoms with Gasteiger partial charge in [0, 0.05) is 11.6 Å². The molecule has 0 atom stereocenters. The number of hydrogen-bond donors (Lipinski definition) is 0. The highest BCUT2D eigenvalue weighted by molar-refractivity contribution is 5.39.